The minimum atomic E-state index is -0.830. The molecule has 0 bridgehead atoms. The molecule has 0 unspecified atom stereocenters. The van der Waals surface area contributed by atoms with Crippen molar-refractivity contribution in [2.45, 2.75) is 38.0 Å². The topological polar surface area (TPSA) is 55.8 Å². The Balaban J connectivity index is 2.18. The number of halogens is 1. The van der Waals surface area contributed by atoms with Crippen molar-refractivity contribution in [1.82, 2.24) is 0 Å². The van der Waals surface area contributed by atoms with E-state index in [4.69, 9.17) is 21.1 Å². The van der Waals surface area contributed by atoms with E-state index in [-0.39, 0.29) is 0 Å². The zero-order valence-corrected chi connectivity index (χ0v) is 12.1. The lowest BCUT2D eigenvalue weighted by Gasteiger charge is -2.29. The van der Waals surface area contributed by atoms with Crippen LogP contribution in [0.5, 0.6) is 11.5 Å². The van der Waals surface area contributed by atoms with Gasteiger partial charge >= 0.3 is 5.97 Å². The average Bonchev–Trinajstić information content (AvgIpc) is 2.93. The number of hydrogen-bond acceptors (Lipinski definition) is 3. The molecular weight excluding hydrogens is 280 g/mol. The summed E-state index contributed by atoms with van der Waals surface area (Å²) in [4.78, 5) is 11.8. The van der Waals surface area contributed by atoms with Crippen LogP contribution in [0.2, 0.25) is 5.02 Å². The summed E-state index contributed by atoms with van der Waals surface area (Å²) in [6.45, 7) is 2.79. The van der Waals surface area contributed by atoms with E-state index in [2.05, 4.69) is 0 Å². The van der Waals surface area contributed by atoms with Crippen molar-refractivity contribution in [3.63, 3.8) is 0 Å². The molecule has 1 aromatic rings. The Morgan fingerprint density at radius 2 is 1.95 bits per heavy atom. The first-order valence-corrected chi connectivity index (χ1v) is 7.26. The largest absolute Gasteiger partial charge is 0.486 e. The Morgan fingerprint density at radius 1 is 1.30 bits per heavy atom. The van der Waals surface area contributed by atoms with Crippen LogP contribution in [0.4, 0.5) is 0 Å². The van der Waals surface area contributed by atoms with Crippen LogP contribution in [-0.4, -0.2) is 24.3 Å². The van der Waals surface area contributed by atoms with Crippen molar-refractivity contribution >= 4 is 17.6 Å². The quantitative estimate of drug-likeness (QED) is 0.909. The number of carboxylic acid groups (broad SMARTS) is 1. The smallest absolute Gasteiger partial charge is 0.314 e. The Morgan fingerprint density at radius 3 is 2.60 bits per heavy atom. The lowest BCUT2D eigenvalue weighted by atomic mass is 9.76. The molecule has 1 fully saturated rings. The van der Waals surface area contributed by atoms with E-state index in [0.717, 1.165) is 24.0 Å². The van der Waals surface area contributed by atoms with Crippen LogP contribution in [0.25, 0.3) is 0 Å². The summed E-state index contributed by atoms with van der Waals surface area (Å²) in [5.41, 5.74) is 0.737. The lowest BCUT2D eigenvalue weighted by molar-refractivity contribution is -0.143. The minimum absolute atomic E-state index is 0.464. The summed E-state index contributed by atoms with van der Waals surface area (Å²) in [6, 6.07) is 1.81. The molecule has 5 heteroatoms. The van der Waals surface area contributed by atoms with Crippen molar-refractivity contribution in [2.75, 3.05) is 13.2 Å². The van der Waals surface area contributed by atoms with Crippen molar-refractivity contribution in [2.24, 2.45) is 0 Å². The monoisotopic (exact) mass is 296 g/mol. The van der Waals surface area contributed by atoms with E-state index in [0.29, 0.717) is 42.6 Å². The van der Waals surface area contributed by atoms with Crippen molar-refractivity contribution in [3.05, 3.63) is 22.2 Å². The average molecular weight is 297 g/mol. The number of ether oxygens (including phenoxy) is 2. The van der Waals surface area contributed by atoms with Gasteiger partial charge in [-0.3, -0.25) is 4.79 Å². The molecular formula is C15H17ClO4. The van der Waals surface area contributed by atoms with Gasteiger partial charge in [0.25, 0.3) is 0 Å². The van der Waals surface area contributed by atoms with Crippen LogP contribution in [0.3, 0.4) is 0 Å². The Hall–Kier alpha value is -1.42. The Labute approximate surface area is 122 Å². The highest BCUT2D eigenvalue weighted by atomic mass is 35.5. The number of rotatable bonds is 2. The van der Waals surface area contributed by atoms with Crippen LogP contribution < -0.4 is 9.47 Å². The molecule has 108 valence electrons. The summed E-state index contributed by atoms with van der Waals surface area (Å²) < 4.78 is 11.1. The van der Waals surface area contributed by atoms with E-state index >= 15 is 0 Å². The van der Waals surface area contributed by atoms with Gasteiger partial charge in [0.2, 0.25) is 0 Å². The zero-order valence-electron chi connectivity index (χ0n) is 11.4. The maximum atomic E-state index is 11.8. The maximum Gasteiger partial charge on any atom is 0.314 e. The second-order valence-electron chi connectivity index (χ2n) is 5.48. The molecule has 0 amide bonds. The second kappa shape index (κ2) is 4.85. The first kappa shape index (κ1) is 13.6. The predicted molar refractivity (Wildman–Crippen MR) is 75.0 cm³/mol. The number of benzene rings is 1. The van der Waals surface area contributed by atoms with Crippen LogP contribution in [0, 0.1) is 6.92 Å². The SMILES string of the molecule is Cc1c(C2(C(=O)O)CCCC2)cc2c(c1Cl)OCCO2. The molecule has 1 aliphatic heterocycles. The van der Waals surface area contributed by atoms with Gasteiger partial charge in [0, 0.05) is 0 Å². The highest BCUT2D eigenvalue weighted by molar-refractivity contribution is 6.33. The number of hydrogen-bond donors (Lipinski definition) is 1. The van der Waals surface area contributed by atoms with Gasteiger partial charge in [0.15, 0.2) is 11.5 Å². The van der Waals surface area contributed by atoms with Crippen molar-refractivity contribution < 1.29 is 19.4 Å². The summed E-state index contributed by atoms with van der Waals surface area (Å²) in [6.07, 6.45) is 3.16. The van der Waals surface area contributed by atoms with E-state index in [1.165, 1.54) is 0 Å². The zero-order chi connectivity index (χ0) is 14.3. The van der Waals surface area contributed by atoms with Gasteiger partial charge < -0.3 is 14.6 Å². The molecule has 0 atom stereocenters. The first-order chi connectivity index (χ1) is 9.56. The second-order valence-corrected chi connectivity index (χ2v) is 5.86. The van der Waals surface area contributed by atoms with Crippen LogP contribution >= 0.6 is 11.6 Å². The van der Waals surface area contributed by atoms with Crippen LogP contribution in [-0.2, 0) is 10.2 Å². The third-order valence-electron chi connectivity index (χ3n) is 4.40. The van der Waals surface area contributed by atoms with Gasteiger partial charge in [0.05, 0.1) is 10.4 Å². The van der Waals surface area contributed by atoms with E-state index in [9.17, 15) is 9.90 Å². The molecule has 2 aliphatic rings. The maximum absolute atomic E-state index is 11.8. The molecule has 1 N–H and O–H groups in total. The fraction of sp³-hybridized carbons (Fsp3) is 0.533. The first-order valence-electron chi connectivity index (χ1n) is 6.89. The molecule has 0 saturated heterocycles. The van der Waals surface area contributed by atoms with Crippen molar-refractivity contribution in [1.29, 1.82) is 0 Å². The van der Waals surface area contributed by atoms with E-state index in [1.54, 1.807) is 0 Å². The predicted octanol–water partition coefficient (Wildman–Crippen LogP) is 3.32. The number of aliphatic carboxylic acids is 1. The summed E-state index contributed by atoms with van der Waals surface area (Å²) in [5.74, 6) is 0.331. The summed E-state index contributed by atoms with van der Waals surface area (Å²) >= 11 is 6.36. The van der Waals surface area contributed by atoms with Crippen LogP contribution in [0.15, 0.2) is 6.07 Å². The van der Waals surface area contributed by atoms with Gasteiger partial charge in [-0.2, -0.15) is 0 Å². The third kappa shape index (κ3) is 1.85. The molecule has 1 saturated carbocycles. The minimum Gasteiger partial charge on any atom is -0.486 e. The fourth-order valence-electron chi connectivity index (χ4n) is 3.31. The van der Waals surface area contributed by atoms with Crippen LogP contribution in [0.1, 0.15) is 36.8 Å². The standard InChI is InChI=1S/C15H17ClO4/c1-9-10(15(14(17)18)4-2-3-5-15)8-11-13(12(9)16)20-7-6-19-11/h8H,2-7H2,1H3,(H,17,18). The van der Waals surface area contributed by atoms with Gasteiger partial charge in [-0.25, -0.2) is 0 Å². The van der Waals surface area contributed by atoms with E-state index < -0.39 is 11.4 Å². The fourth-order valence-corrected chi connectivity index (χ4v) is 3.56. The molecule has 4 nitrogen and oxygen atoms in total. The third-order valence-corrected chi connectivity index (χ3v) is 4.86. The molecule has 0 spiro atoms. The summed E-state index contributed by atoms with van der Waals surface area (Å²) in [7, 11) is 0. The highest BCUT2D eigenvalue weighted by Crippen LogP contribution is 2.49. The number of carboxylic acids is 1. The molecule has 1 aliphatic carbocycles. The highest BCUT2D eigenvalue weighted by Gasteiger charge is 2.45. The molecule has 1 heterocycles. The van der Waals surface area contributed by atoms with E-state index in [1.807, 2.05) is 13.0 Å². The Bertz CT molecular complexity index is 561. The summed E-state index contributed by atoms with van der Waals surface area (Å²) in [5, 5.41) is 10.2. The molecule has 0 radical (unpaired) electrons. The molecule has 20 heavy (non-hydrogen) atoms. The number of carbonyl (C=O) groups is 1. The van der Waals surface area contributed by atoms with Crippen molar-refractivity contribution in [3.8, 4) is 11.5 Å². The molecule has 3 rings (SSSR count). The van der Waals surface area contributed by atoms with Gasteiger partial charge in [0.1, 0.15) is 13.2 Å². The van der Waals surface area contributed by atoms with Gasteiger partial charge in [-0.05, 0) is 37.0 Å². The van der Waals surface area contributed by atoms with Gasteiger partial charge in [-0.1, -0.05) is 24.4 Å². The Kier molecular flexibility index (Phi) is 3.28. The molecule has 0 aromatic heterocycles. The van der Waals surface area contributed by atoms with Gasteiger partial charge in [-0.15, -0.1) is 0 Å². The number of fused-ring (bicyclic) bond motifs is 1. The molecule has 1 aromatic carbocycles. The normalized spacial score (nSPS) is 19.9. The lowest BCUT2D eigenvalue weighted by Crippen LogP contribution is -2.33.